The average Bonchev–Trinajstić information content (AvgIpc) is 3.30. The van der Waals surface area contributed by atoms with Gasteiger partial charge in [-0.2, -0.15) is 5.10 Å². The number of amides is 2. The molecular formula is C24H27ClFN7O2. The fraction of sp³-hybridized carbons (Fsp3) is 0.417. The van der Waals surface area contributed by atoms with Crippen LogP contribution in [0.1, 0.15) is 41.3 Å². The number of anilines is 1. The topological polar surface area (TPSA) is 97.2 Å². The van der Waals surface area contributed by atoms with Crippen molar-refractivity contribution < 1.29 is 13.9 Å². The van der Waals surface area contributed by atoms with Crippen molar-refractivity contribution >= 4 is 23.6 Å². The molecule has 0 spiro atoms. The molecule has 3 aromatic rings. The number of fused-ring (bicyclic) bond motifs is 1. The highest BCUT2D eigenvalue weighted by molar-refractivity contribution is 6.30. The molecule has 2 aliphatic rings. The van der Waals surface area contributed by atoms with E-state index >= 15 is 0 Å². The minimum atomic E-state index is -0.535. The minimum Gasteiger partial charge on any atom is -0.381 e. The number of nitrogens with zero attached hydrogens (tertiary/aromatic N) is 5. The fourth-order valence-electron chi connectivity index (χ4n) is 4.43. The molecule has 5 rings (SSSR count). The molecule has 35 heavy (non-hydrogen) atoms. The van der Waals surface area contributed by atoms with Crippen LogP contribution in [0.15, 0.2) is 36.8 Å². The van der Waals surface area contributed by atoms with Crippen LogP contribution in [0.25, 0.3) is 0 Å². The SMILES string of the molecule is Cn1cc([C@@H](NC(=O)N2CCc3cnc(NC4CCOCC4)nc3C2)c2ccc(F)c(Cl)c2)cn1. The first-order chi connectivity index (χ1) is 17.0. The predicted octanol–water partition coefficient (Wildman–Crippen LogP) is 3.45. The normalized spacial score (nSPS) is 17.1. The summed E-state index contributed by atoms with van der Waals surface area (Å²) in [7, 11) is 1.80. The van der Waals surface area contributed by atoms with Crippen molar-refractivity contribution in [2.75, 3.05) is 25.1 Å². The second-order valence-electron chi connectivity index (χ2n) is 8.87. The highest BCUT2D eigenvalue weighted by Gasteiger charge is 2.27. The fourth-order valence-corrected chi connectivity index (χ4v) is 4.61. The van der Waals surface area contributed by atoms with Gasteiger partial charge in [0, 0.05) is 50.8 Å². The van der Waals surface area contributed by atoms with E-state index in [1.54, 1.807) is 28.9 Å². The number of hydrogen-bond donors (Lipinski definition) is 2. The molecule has 2 aromatic heterocycles. The summed E-state index contributed by atoms with van der Waals surface area (Å²) >= 11 is 6.03. The predicted molar refractivity (Wildman–Crippen MR) is 129 cm³/mol. The van der Waals surface area contributed by atoms with Crippen LogP contribution < -0.4 is 10.6 Å². The van der Waals surface area contributed by atoms with Crippen LogP contribution in [0.3, 0.4) is 0 Å². The summed E-state index contributed by atoms with van der Waals surface area (Å²) in [5.74, 6) is 0.0660. The molecule has 1 atom stereocenters. The number of benzene rings is 1. The Hall–Kier alpha value is -3.24. The Labute approximate surface area is 207 Å². The Morgan fingerprint density at radius 2 is 2.09 bits per heavy atom. The van der Waals surface area contributed by atoms with Crippen molar-refractivity contribution in [2.24, 2.45) is 7.05 Å². The Kier molecular flexibility index (Phi) is 6.83. The van der Waals surface area contributed by atoms with Gasteiger partial charge in [-0.15, -0.1) is 0 Å². The third-order valence-corrected chi connectivity index (χ3v) is 6.68. The maximum Gasteiger partial charge on any atom is 0.318 e. The molecule has 1 aromatic carbocycles. The number of carbonyl (C=O) groups is 1. The van der Waals surface area contributed by atoms with Crippen LogP contribution in [0.2, 0.25) is 5.02 Å². The second kappa shape index (κ2) is 10.2. The summed E-state index contributed by atoms with van der Waals surface area (Å²) in [6, 6.07) is 3.95. The maximum atomic E-state index is 13.8. The van der Waals surface area contributed by atoms with Crippen LogP contribution in [0.4, 0.5) is 15.1 Å². The van der Waals surface area contributed by atoms with Gasteiger partial charge in [0.05, 0.1) is 29.5 Å². The number of aryl methyl sites for hydroxylation is 1. The molecule has 0 aliphatic carbocycles. The van der Waals surface area contributed by atoms with Gasteiger partial charge in [-0.05, 0) is 42.5 Å². The largest absolute Gasteiger partial charge is 0.381 e. The lowest BCUT2D eigenvalue weighted by Crippen LogP contribution is -2.44. The molecule has 2 amide bonds. The zero-order chi connectivity index (χ0) is 24.4. The van der Waals surface area contributed by atoms with E-state index in [9.17, 15) is 9.18 Å². The number of nitrogens with one attached hydrogen (secondary N) is 2. The summed E-state index contributed by atoms with van der Waals surface area (Å²) in [5, 5.41) is 10.7. The number of urea groups is 1. The third-order valence-electron chi connectivity index (χ3n) is 6.39. The van der Waals surface area contributed by atoms with Crippen LogP contribution >= 0.6 is 11.6 Å². The summed E-state index contributed by atoms with van der Waals surface area (Å²) < 4.78 is 20.8. The van der Waals surface area contributed by atoms with E-state index in [4.69, 9.17) is 21.3 Å². The van der Waals surface area contributed by atoms with Gasteiger partial charge >= 0.3 is 6.03 Å². The lowest BCUT2D eigenvalue weighted by molar-refractivity contribution is 0.0903. The number of carbonyl (C=O) groups excluding carboxylic acids is 1. The molecule has 11 heteroatoms. The van der Waals surface area contributed by atoms with Gasteiger partial charge in [-0.25, -0.2) is 19.2 Å². The molecule has 4 heterocycles. The van der Waals surface area contributed by atoms with E-state index in [0.29, 0.717) is 31.0 Å². The van der Waals surface area contributed by atoms with E-state index in [2.05, 4.69) is 20.7 Å². The lowest BCUT2D eigenvalue weighted by Gasteiger charge is -2.30. The van der Waals surface area contributed by atoms with E-state index in [-0.39, 0.29) is 17.1 Å². The molecule has 1 saturated heterocycles. The molecule has 2 N–H and O–H groups in total. The van der Waals surface area contributed by atoms with Crippen molar-refractivity contribution in [1.29, 1.82) is 0 Å². The van der Waals surface area contributed by atoms with Gasteiger partial charge < -0.3 is 20.3 Å². The molecule has 1 fully saturated rings. The van der Waals surface area contributed by atoms with Crippen LogP contribution in [-0.2, 0) is 24.8 Å². The monoisotopic (exact) mass is 499 g/mol. The Bertz CT molecular complexity index is 1210. The minimum absolute atomic E-state index is 0.00111. The highest BCUT2D eigenvalue weighted by atomic mass is 35.5. The van der Waals surface area contributed by atoms with Crippen molar-refractivity contribution in [2.45, 2.75) is 37.9 Å². The van der Waals surface area contributed by atoms with Gasteiger partial charge in [0.25, 0.3) is 0 Å². The zero-order valence-electron chi connectivity index (χ0n) is 19.4. The first kappa shape index (κ1) is 23.5. The smallest absolute Gasteiger partial charge is 0.318 e. The Balaban J connectivity index is 1.32. The van der Waals surface area contributed by atoms with Gasteiger partial charge in [0.2, 0.25) is 5.95 Å². The number of ether oxygens (including phenoxy) is 1. The molecule has 0 radical (unpaired) electrons. The lowest BCUT2D eigenvalue weighted by atomic mass is 10.0. The molecule has 184 valence electrons. The standard InChI is InChI=1S/C24H27ClFN7O2/c1-32-13-17(12-28-32)22(15-2-3-20(26)19(25)10-15)31-24(34)33-7-4-16-11-27-23(30-21(16)14-33)29-18-5-8-35-9-6-18/h2-3,10-13,18,22H,4-9,14H2,1H3,(H,31,34)(H,27,29,30)/t22-/m0/s1. The van der Waals surface area contributed by atoms with E-state index in [1.807, 2.05) is 12.4 Å². The maximum absolute atomic E-state index is 13.8. The number of rotatable bonds is 5. The van der Waals surface area contributed by atoms with Gasteiger partial charge in [0.1, 0.15) is 5.82 Å². The molecule has 0 bridgehead atoms. The van der Waals surface area contributed by atoms with Gasteiger partial charge in [0.15, 0.2) is 0 Å². The van der Waals surface area contributed by atoms with E-state index in [1.165, 1.54) is 12.1 Å². The van der Waals surface area contributed by atoms with Crippen molar-refractivity contribution in [3.05, 3.63) is 70.0 Å². The van der Waals surface area contributed by atoms with Crippen LogP contribution in [0, 0.1) is 5.82 Å². The highest BCUT2D eigenvalue weighted by Crippen LogP contribution is 2.27. The van der Waals surface area contributed by atoms with Gasteiger partial charge in [-0.1, -0.05) is 17.7 Å². The van der Waals surface area contributed by atoms with Crippen LogP contribution in [-0.4, -0.2) is 56.5 Å². The molecule has 0 unspecified atom stereocenters. The van der Waals surface area contributed by atoms with Crippen molar-refractivity contribution in [1.82, 2.24) is 30.0 Å². The number of aromatic nitrogens is 4. The summed E-state index contributed by atoms with van der Waals surface area (Å²) in [4.78, 5) is 24.2. The number of hydrogen-bond acceptors (Lipinski definition) is 6. The second-order valence-corrected chi connectivity index (χ2v) is 9.28. The summed E-state index contributed by atoms with van der Waals surface area (Å²) in [5.41, 5.74) is 3.31. The van der Waals surface area contributed by atoms with Crippen molar-refractivity contribution in [3.63, 3.8) is 0 Å². The average molecular weight is 500 g/mol. The number of halogens is 2. The third kappa shape index (κ3) is 5.38. The van der Waals surface area contributed by atoms with Gasteiger partial charge in [-0.3, -0.25) is 4.68 Å². The Morgan fingerprint density at radius 1 is 1.26 bits per heavy atom. The molecular weight excluding hydrogens is 473 g/mol. The molecule has 9 nitrogen and oxygen atoms in total. The first-order valence-corrected chi connectivity index (χ1v) is 12.0. The molecule has 2 aliphatic heterocycles. The van der Waals surface area contributed by atoms with E-state index < -0.39 is 11.9 Å². The zero-order valence-corrected chi connectivity index (χ0v) is 20.1. The first-order valence-electron chi connectivity index (χ1n) is 11.6. The van der Waals surface area contributed by atoms with Crippen molar-refractivity contribution in [3.8, 4) is 0 Å². The molecule has 0 saturated carbocycles. The van der Waals surface area contributed by atoms with Crippen LogP contribution in [0.5, 0.6) is 0 Å². The summed E-state index contributed by atoms with van der Waals surface area (Å²) in [6.07, 6.45) is 7.83. The summed E-state index contributed by atoms with van der Waals surface area (Å²) in [6.45, 7) is 2.37. The Morgan fingerprint density at radius 3 is 2.83 bits per heavy atom. The quantitative estimate of drug-likeness (QED) is 0.558. The van der Waals surface area contributed by atoms with E-state index in [0.717, 1.165) is 42.9 Å².